The van der Waals surface area contributed by atoms with Gasteiger partial charge in [0, 0.05) is 0 Å². The van der Waals surface area contributed by atoms with Gasteiger partial charge in [-0.3, -0.25) is 0 Å². The van der Waals surface area contributed by atoms with Gasteiger partial charge in [0.1, 0.15) is 0 Å². The molecule has 0 N–H and O–H groups in total. The molecule has 0 saturated heterocycles. The molecule has 10 aromatic rings. The molecular weight excluding hydrogens is 769 g/mol. The predicted octanol–water partition coefficient (Wildman–Crippen LogP) is 17.2. The molecule has 10 aromatic carbocycles. The lowest BCUT2D eigenvalue weighted by atomic mass is 9.88. The Morgan fingerprint density at radius 3 is 1.16 bits per heavy atom. The largest absolute Gasteiger partial charge is 0.0622 e. The fourth-order valence-electron chi connectivity index (χ4n) is 8.67. The molecule has 0 spiro atoms. The van der Waals surface area contributed by atoms with Crippen LogP contribution in [0.3, 0.4) is 0 Å². The van der Waals surface area contributed by atoms with Crippen molar-refractivity contribution in [3.8, 4) is 11.1 Å². The van der Waals surface area contributed by atoms with Crippen LogP contribution in [0.25, 0.3) is 80.3 Å². The first kappa shape index (κ1) is 39.8. The molecule has 0 amide bonds. The van der Waals surface area contributed by atoms with Crippen LogP contribution in [0.4, 0.5) is 0 Å². The topological polar surface area (TPSA) is 0 Å². The second kappa shape index (κ2) is 18.7. The fraction of sp³-hybridized carbons (Fsp3) is 0. The third-order valence-electron chi connectivity index (χ3n) is 11.9. The van der Waals surface area contributed by atoms with Crippen molar-refractivity contribution in [1.29, 1.82) is 0 Å². The van der Waals surface area contributed by atoms with Crippen molar-refractivity contribution in [2.45, 2.75) is 0 Å². The summed E-state index contributed by atoms with van der Waals surface area (Å²) in [5.41, 5.74) is 16.6. The lowest BCUT2D eigenvalue weighted by Gasteiger charge is -2.15. The number of rotatable bonds is 11. The summed E-state index contributed by atoms with van der Waals surface area (Å²) in [5, 5.41) is 4.93. The molecule has 0 aliphatic rings. The standard InChI is InChI=1S/C64H46/c1-5-18-52(19-6-1)62(53-20-7-2-8-21-53)44-49-36-32-47(33-37-49)40-42-56-46-64(60-31-17-27-51-26-13-14-28-57(51)60)61-30-16-15-29-59(61)58(56)43-41-48-34-38-50(39-35-48)45-63(54-22-9-3-10-23-54)55-24-11-4-12-25-55/h1-46H. The highest BCUT2D eigenvalue weighted by molar-refractivity contribution is 6.10. The van der Waals surface area contributed by atoms with E-state index in [1.807, 2.05) is 0 Å². The highest BCUT2D eigenvalue weighted by Gasteiger charge is 2.14. The fourth-order valence-corrected chi connectivity index (χ4v) is 8.67. The van der Waals surface area contributed by atoms with Gasteiger partial charge in [-0.1, -0.05) is 261 Å². The van der Waals surface area contributed by atoms with Gasteiger partial charge in [0.2, 0.25) is 0 Å². The maximum atomic E-state index is 2.38. The smallest absolute Gasteiger partial charge is 0.00928 e. The van der Waals surface area contributed by atoms with Crippen molar-refractivity contribution in [2.75, 3.05) is 0 Å². The van der Waals surface area contributed by atoms with Gasteiger partial charge in [-0.05, 0) is 118 Å². The maximum Gasteiger partial charge on any atom is -0.00928 e. The molecule has 0 bridgehead atoms. The summed E-state index contributed by atoms with van der Waals surface area (Å²) in [5.74, 6) is 0. The molecule has 0 fully saturated rings. The van der Waals surface area contributed by atoms with Gasteiger partial charge >= 0.3 is 0 Å². The van der Waals surface area contributed by atoms with E-state index in [4.69, 9.17) is 0 Å². The zero-order valence-electron chi connectivity index (χ0n) is 35.6. The number of hydrogen-bond acceptors (Lipinski definition) is 0. The Morgan fingerprint density at radius 2 is 0.656 bits per heavy atom. The third kappa shape index (κ3) is 8.86. The average Bonchev–Trinajstić information content (AvgIpc) is 3.37. The van der Waals surface area contributed by atoms with Crippen molar-refractivity contribution in [1.82, 2.24) is 0 Å². The van der Waals surface area contributed by atoms with Crippen molar-refractivity contribution >= 4 is 69.1 Å². The van der Waals surface area contributed by atoms with Gasteiger partial charge in [-0.2, -0.15) is 0 Å². The van der Waals surface area contributed by atoms with Gasteiger partial charge < -0.3 is 0 Å². The van der Waals surface area contributed by atoms with Crippen molar-refractivity contribution in [3.05, 3.63) is 298 Å². The second-order valence-corrected chi connectivity index (χ2v) is 16.1. The van der Waals surface area contributed by atoms with Crippen LogP contribution < -0.4 is 0 Å². The van der Waals surface area contributed by atoms with Crippen LogP contribution in [0.15, 0.2) is 243 Å². The molecule has 0 unspecified atom stereocenters. The molecule has 64 heavy (non-hydrogen) atoms. The van der Waals surface area contributed by atoms with Crippen LogP contribution in [0.2, 0.25) is 0 Å². The molecule has 0 atom stereocenters. The zero-order valence-corrected chi connectivity index (χ0v) is 35.6. The number of fused-ring (bicyclic) bond motifs is 2. The van der Waals surface area contributed by atoms with Crippen molar-refractivity contribution in [2.24, 2.45) is 0 Å². The van der Waals surface area contributed by atoms with E-state index in [2.05, 4.69) is 279 Å². The molecule has 0 heterocycles. The summed E-state index contributed by atoms with van der Waals surface area (Å²) >= 11 is 0. The monoisotopic (exact) mass is 814 g/mol. The summed E-state index contributed by atoms with van der Waals surface area (Å²) in [6.45, 7) is 0. The molecule has 0 aromatic heterocycles. The molecule has 0 nitrogen and oxygen atoms in total. The summed E-state index contributed by atoms with van der Waals surface area (Å²) in [6, 6.07) is 86.8. The van der Waals surface area contributed by atoms with E-state index in [1.165, 1.54) is 71.6 Å². The Kier molecular flexibility index (Phi) is 11.7. The first-order valence-electron chi connectivity index (χ1n) is 22.0. The van der Waals surface area contributed by atoms with Gasteiger partial charge in [0.05, 0.1) is 0 Å². The Morgan fingerprint density at radius 1 is 0.266 bits per heavy atom. The molecular formula is C64H46. The highest BCUT2D eigenvalue weighted by Crippen LogP contribution is 2.39. The zero-order chi connectivity index (χ0) is 42.9. The van der Waals surface area contributed by atoms with E-state index < -0.39 is 0 Å². The third-order valence-corrected chi connectivity index (χ3v) is 11.9. The van der Waals surface area contributed by atoms with Crippen LogP contribution in [-0.4, -0.2) is 0 Å². The molecule has 0 saturated carbocycles. The molecule has 302 valence electrons. The molecule has 0 radical (unpaired) electrons. The van der Waals surface area contributed by atoms with Crippen LogP contribution >= 0.6 is 0 Å². The molecule has 10 rings (SSSR count). The van der Waals surface area contributed by atoms with Crippen LogP contribution in [0.5, 0.6) is 0 Å². The lowest BCUT2D eigenvalue weighted by molar-refractivity contribution is 1.55. The first-order valence-corrected chi connectivity index (χ1v) is 22.0. The van der Waals surface area contributed by atoms with Gasteiger partial charge in [-0.25, -0.2) is 0 Å². The Bertz CT molecular complexity index is 3210. The molecule has 0 heteroatoms. The average molecular weight is 815 g/mol. The predicted molar refractivity (Wildman–Crippen MR) is 277 cm³/mol. The van der Waals surface area contributed by atoms with E-state index >= 15 is 0 Å². The molecule has 0 aliphatic carbocycles. The highest BCUT2D eigenvalue weighted by atomic mass is 14.2. The van der Waals surface area contributed by atoms with Gasteiger partial charge in [0.15, 0.2) is 0 Å². The number of benzene rings is 10. The van der Waals surface area contributed by atoms with Gasteiger partial charge in [-0.15, -0.1) is 0 Å². The van der Waals surface area contributed by atoms with Crippen molar-refractivity contribution in [3.63, 3.8) is 0 Å². The minimum atomic E-state index is 1.14. The first-order chi connectivity index (χ1) is 31.7. The van der Waals surface area contributed by atoms with Crippen LogP contribution in [0.1, 0.15) is 55.6 Å². The summed E-state index contributed by atoms with van der Waals surface area (Å²) in [7, 11) is 0. The summed E-state index contributed by atoms with van der Waals surface area (Å²) in [4.78, 5) is 0. The van der Waals surface area contributed by atoms with E-state index in [-0.39, 0.29) is 0 Å². The normalized spacial score (nSPS) is 11.3. The van der Waals surface area contributed by atoms with Gasteiger partial charge in [0.25, 0.3) is 0 Å². The summed E-state index contributed by atoms with van der Waals surface area (Å²) < 4.78 is 0. The van der Waals surface area contributed by atoms with Crippen LogP contribution in [0, 0.1) is 0 Å². The Hall–Kier alpha value is -8.32. The molecule has 0 aliphatic heterocycles. The minimum Gasteiger partial charge on any atom is -0.0622 e. The van der Waals surface area contributed by atoms with E-state index in [1.54, 1.807) is 0 Å². The quantitative estimate of drug-likeness (QED) is 0.114. The lowest BCUT2D eigenvalue weighted by Crippen LogP contribution is -1.91. The maximum absolute atomic E-state index is 2.38. The summed E-state index contributed by atoms with van der Waals surface area (Å²) in [6.07, 6.45) is 13.6. The SMILES string of the molecule is C(=Cc1cc(-c2cccc3ccccc23)c2ccccc2c1C=Cc1ccc(C=C(c2ccccc2)c2ccccc2)cc1)c1ccc(C=C(c2ccccc2)c2ccccc2)cc1. The van der Waals surface area contributed by atoms with Crippen molar-refractivity contribution < 1.29 is 0 Å². The van der Waals surface area contributed by atoms with Crippen LogP contribution in [-0.2, 0) is 0 Å². The van der Waals surface area contributed by atoms with E-state index in [0.717, 1.165) is 27.8 Å². The minimum absolute atomic E-state index is 1.14. The Balaban J connectivity index is 1.03. The van der Waals surface area contributed by atoms with E-state index in [9.17, 15) is 0 Å². The second-order valence-electron chi connectivity index (χ2n) is 16.1. The Labute approximate surface area is 376 Å². The number of hydrogen-bond donors (Lipinski definition) is 0. The van der Waals surface area contributed by atoms with E-state index in [0.29, 0.717) is 0 Å².